The van der Waals surface area contributed by atoms with E-state index in [1.54, 1.807) is 33.0 Å². The van der Waals surface area contributed by atoms with Crippen LogP contribution in [0.1, 0.15) is 63.1 Å². The summed E-state index contributed by atoms with van der Waals surface area (Å²) in [4.78, 5) is 85.4. The maximum absolute atomic E-state index is 14.1. The van der Waals surface area contributed by atoms with Crippen LogP contribution in [0.5, 0.6) is 0 Å². The van der Waals surface area contributed by atoms with Crippen LogP contribution in [0, 0.1) is 6.92 Å². The van der Waals surface area contributed by atoms with Crippen LogP contribution in [-0.4, -0.2) is 101 Å². The Labute approximate surface area is 345 Å². The van der Waals surface area contributed by atoms with E-state index in [0.717, 1.165) is 27.6 Å². The number of unbranched alkanes of at least 4 members (excludes halogenated alkanes) is 1. The lowest BCUT2D eigenvalue weighted by Crippen LogP contribution is -2.55. The first-order chi connectivity index (χ1) is 28.0. The Morgan fingerprint density at radius 2 is 1.51 bits per heavy atom. The highest BCUT2D eigenvalue weighted by molar-refractivity contribution is 5.93. The lowest BCUT2D eigenvalue weighted by Gasteiger charge is -2.29. The molecule has 1 heterocycles. The van der Waals surface area contributed by atoms with E-state index in [2.05, 4.69) is 26.3 Å². The molecule has 4 aromatic rings. The number of nitrogens with one attached hydrogen (secondary N) is 5. The number of nitrogens with two attached hydrogens (primary N) is 1. The van der Waals surface area contributed by atoms with Crippen molar-refractivity contribution >= 4 is 52.3 Å². The zero-order valence-electron chi connectivity index (χ0n) is 34.8. The molecule has 0 saturated heterocycles. The van der Waals surface area contributed by atoms with Crippen molar-refractivity contribution in [2.45, 2.75) is 89.9 Å². The molecule has 59 heavy (non-hydrogen) atoms. The number of H-pyrrole nitrogens is 1. The Morgan fingerprint density at radius 1 is 0.831 bits per heavy atom. The van der Waals surface area contributed by atoms with Gasteiger partial charge in [0, 0.05) is 69.2 Å². The lowest BCUT2D eigenvalue weighted by atomic mass is 10.0. The Balaban J connectivity index is 1.47. The van der Waals surface area contributed by atoms with E-state index in [9.17, 15) is 28.8 Å². The zero-order valence-corrected chi connectivity index (χ0v) is 34.8. The quantitative estimate of drug-likeness (QED) is 0.0730. The van der Waals surface area contributed by atoms with Gasteiger partial charge < -0.3 is 46.5 Å². The van der Waals surface area contributed by atoms with E-state index in [1.165, 1.54) is 23.9 Å². The molecule has 0 bridgehead atoms. The monoisotopic (exact) mass is 810 g/mol. The minimum Gasteiger partial charge on any atom is -0.444 e. The van der Waals surface area contributed by atoms with Crippen LogP contribution in [0.2, 0.25) is 0 Å². The lowest BCUT2D eigenvalue weighted by molar-refractivity contribution is -0.140. The summed E-state index contributed by atoms with van der Waals surface area (Å²) < 4.78 is 5.49. The largest absolute Gasteiger partial charge is 0.444 e. The van der Waals surface area contributed by atoms with Gasteiger partial charge in [0.2, 0.25) is 23.6 Å². The van der Waals surface area contributed by atoms with Crippen molar-refractivity contribution in [2.24, 2.45) is 5.73 Å². The normalized spacial score (nSPS) is 12.7. The van der Waals surface area contributed by atoms with Gasteiger partial charge in [-0.1, -0.05) is 66.7 Å². The molecule has 0 unspecified atom stereocenters. The minimum absolute atomic E-state index is 0.0131. The predicted octanol–water partition coefficient (Wildman–Crippen LogP) is 4.79. The molecule has 4 rings (SSSR count). The number of carbonyl (C=O) groups is 6. The van der Waals surface area contributed by atoms with Crippen molar-refractivity contribution in [2.75, 3.05) is 32.5 Å². The molecule has 0 aliphatic heterocycles. The number of carbonyl (C=O) groups excluding carboxylic acids is 6. The zero-order chi connectivity index (χ0) is 43.1. The number of aromatic nitrogens is 1. The van der Waals surface area contributed by atoms with Crippen molar-refractivity contribution < 1.29 is 33.5 Å². The first kappa shape index (κ1) is 45.3. The number of urea groups is 1. The summed E-state index contributed by atoms with van der Waals surface area (Å²) in [6, 6.07) is 20.8. The average Bonchev–Trinajstić information content (AvgIpc) is 3.60. The molecule has 0 fully saturated rings. The van der Waals surface area contributed by atoms with E-state index >= 15 is 0 Å². The third-order valence-electron chi connectivity index (χ3n) is 9.82. The third kappa shape index (κ3) is 14.2. The number of hydrogen-bond acceptors (Lipinski definition) is 7. The number of benzene rings is 3. The molecule has 0 aliphatic rings. The summed E-state index contributed by atoms with van der Waals surface area (Å²) in [5, 5.41) is 12.1. The Morgan fingerprint density at radius 3 is 2.20 bits per heavy atom. The number of aromatic amines is 1. The summed E-state index contributed by atoms with van der Waals surface area (Å²) >= 11 is 0. The van der Waals surface area contributed by atoms with Gasteiger partial charge in [0.15, 0.2) is 0 Å². The maximum atomic E-state index is 14.1. The maximum Gasteiger partial charge on any atom is 0.408 e. The number of para-hydroxylation sites is 2. The number of primary amides is 1. The van der Waals surface area contributed by atoms with Gasteiger partial charge in [0.1, 0.15) is 23.7 Å². The van der Waals surface area contributed by atoms with Crippen molar-refractivity contribution in [1.29, 1.82) is 0 Å². The summed E-state index contributed by atoms with van der Waals surface area (Å²) in [7, 11) is 3.04. The van der Waals surface area contributed by atoms with Gasteiger partial charge in [-0.05, 0) is 75.8 Å². The molecule has 15 nitrogen and oxygen atoms in total. The fraction of sp³-hybridized carbons (Fsp3) is 0.409. The minimum atomic E-state index is -1.12. The fourth-order valence-electron chi connectivity index (χ4n) is 6.52. The second-order valence-corrected chi connectivity index (χ2v) is 15.6. The van der Waals surface area contributed by atoms with Crippen LogP contribution in [0.4, 0.5) is 15.3 Å². The summed E-state index contributed by atoms with van der Waals surface area (Å²) in [6.07, 6.45) is 2.31. The molecule has 1 aromatic heterocycles. The first-order valence-corrected chi connectivity index (χ1v) is 19.8. The number of aryl methyl sites for hydroxylation is 1. The van der Waals surface area contributed by atoms with E-state index in [-0.39, 0.29) is 44.2 Å². The van der Waals surface area contributed by atoms with E-state index in [1.807, 2.05) is 79.7 Å². The van der Waals surface area contributed by atoms with Gasteiger partial charge >= 0.3 is 12.1 Å². The van der Waals surface area contributed by atoms with Crippen molar-refractivity contribution in [3.63, 3.8) is 0 Å². The van der Waals surface area contributed by atoms with Gasteiger partial charge in [0.25, 0.3) is 0 Å². The van der Waals surface area contributed by atoms with Gasteiger partial charge in [-0.2, -0.15) is 0 Å². The molecule has 0 aliphatic carbocycles. The topological polar surface area (TPSA) is 208 Å². The summed E-state index contributed by atoms with van der Waals surface area (Å²) in [5.74, 6) is -2.11. The van der Waals surface area contributed by atoms with E-state index in [4.69, 9.17) is 10.5 Å². The SMILES string of the molecule is Cc1ccccc1NC(=O)NCCCC[C@H](NC(=O)[C@H](Cc1c[nH]c2ccccc12)NC(=O)OC(C)(C)C)C(=O)N(C)CCC(=O)N(C)[C@@H](Cc1ccccc1)C(N)=O. The molecule has 0 radical (unpaired) electrons. The van der Waals surface area contributed by atoms with Crippen LogP contribution >= 0.6 is 0 Å². The Bertz CT molecular complexity index is 2060. The summed E-state index contributed by atoms with van der Waals surface area (Å²) in [5.41, 5.74) is 8.94. The van der Waals surface area contributed by atoms with Crippen LogP contribution in [0.25, 0.3) is 10.9 Å². The molecule has 3 atom stereocenters. The second kappa shape index (κ2) is 21.4. The number of amides is 7. The number of hydrogen-bond donors (Lipinski definition) is 6. The number of anilines is 1. The van der Waals surface area contributed by atoms with Crippen LogP contribution in [0.15, 0.2) is 85.1 Å². The van der Waals surface area contributed by atoms with Crippen molar-refractivity contribution in [3.05, 3.63) is 102 Å². The van der Waals surface area contributed by atoms with E-state index in [0.29, 0.717) is 25.1 Å². The third-order valence-corrected chi connectivity index (χ3v) is 9.82. The standard InChI is InChI=1S/C44H58N8O7/c1-29-16-10-12-20-33(29)49-42(57)46-24-15-14-22-35(41(56)51(5)25-23-38(53)52(6)37(39(45)54)26-30-17-8-7-9-18-30)48-40(55)36(50-43(58)59-44(2,3)4)27-31-28-47-34-21-13-11-19-32(31)34/h7-13,16-21,28,35-37,47H,14-15,22-27H2,1-6H3,(H2,45,54)(H,48,55)(H,50,58)(H2,46,49,57)/t35-,36-,37-/m0/s1. The highest BCUT2D eigenvalue weighted by atomic mass is 16.6. The predicted molar refractivity (Wildman–Crippen MR) is 227 cm³/mol. The number of rotatable bonds is 19. The first-order valence-electron chi connectivity index (χ1n) is 19.8. The van der Waals surface area contributed by atoms with Crippen LogP contribution in [0.3, 0.4) is 0 Å². The molecule has 7 amide bonds. The van der Waals surface area contributed by atoms with Gasteiger partial charge in [-0.3, -0.25) is 19.2 Å². The summed E-state index contributed by atoms with van der Waals surface area (Å²) in [6.45, 7) is 7.33. The molecular weight excluding hydrogens is 753 g/mol. The molecule has 3 aromatic carbocycles. The molecule has 15 heteroatoms. The Hall–Kier alpha value is -6.38. The molecular formula is C44H58N8O7. The number of fused-ring (bicyclic) bond motifs is 1. The smallest absolute Gasteiger partial charge is 0.408 e. The molecule has 0 saturated carbocycles. The van der Waals surface area contributed by atoms with Crippen molar-refractivity contribution in [3.8, 4) is 0 Å². The number of ether oxygens (including phenoxy) is 1. The number of alkyl carbamates (subject to hydrolysis) is 1. The van der Waals surface area contributed by atoms with Crippen LogP contribution in [-0.2, 0) is 36.8 Å². The fourth-order valence-corrected chi connectivity index (χ4v) is 6.52. The van der Waals surface area contributed by atoms with Crippen molar-refractivity contribution in [1.82, 2.24) is 30.7 Å². The number of nitrogens with zero attached hydrogens (tertiary/aromatic N) is 2. The average molecular weight is 811 g/mol. The second-order valence-electron chi connectivity index (χ2n) is 15.6. The highest BCUT2D eigenvalue weighted by Gasteiger charge is 2.31. The number of likely N-dealkylation sites (N-methyl/N-ethyl adjacent to an activating group) is 2. The van der Waals surface area contributed by atoms with Gasteiger partial charge in [-0.25, -0.2) is 9.59 Å². The Kier molecular flexibility index (Phi) is 16.4. The molecule has 7 N–H and O–H groups in total. The molecule has 0 spiro atoms. The molecule has 316 valence electrons. The highest BCUT2D eigenvalue weighted by Crippen LogP contribution is 2.20. The van der Waals surface area contributed by atoms with E-state index < -0.39 is 47.5 Å². The van der Waals surface area contributed by atoms with Gasteiger partial charge in [0.05, 0.1) is 0 Å². The van der Waals surface area contributed by atoms with Gasteiger partial charge in [-0.15, -0.1) is 0 Å². The van der Waals surface area contributed by atoms with Crippen LogP contribution < -0.4 is 27.0 Å².